The molecule has 1 heterocycles. The first kappa shape index (κ1) is 20.0. The van der Waals surface area contributed by atoms with Crippen LogP contribution in [-0.4, -0.2) is 22.4 Å². The maximum absolute atomic E-state index is 12.0. The van der Waals surface area contributed by atoms with Gasteiger partial charge in [-0.25, -0.2) is 5.43 Å². The smallest absolute Gasteiger partial charge is 0.240 e. The van der Waals surface area contributed by atoms with Crippen LogP contribution in [0.2, 0.25) is 0 Å². The van der Waals surface area contributed by atoms with Crippen molar-refractivity contribution in [2.24, 2.45) is 5.10 Å². The molecule has 1 amide bonds. The van der Waals surface area contributed by atoms with Crippen molar-refractivity contribution < 1.29 is 4.79 Å². The molecule has 0 aliphatic rings. The monoisotopic (exact) mass is 391 g/mol. The van der Waals surface area contributed by atoms with Gasteiger partial charge >= 0.3 is 0 Å². The lowest BCUT2D eigenvalue weighted by Crippen LogP contribution is -2.17. The minimum atomic E-state index is -0.0767. The summed E-state index contributed by atoms with van der Waals surface area (Å²) in [5.74, 6) is 0.653. The van der Waals surface area contributed by atoms with Gasteiger partial charge in [0.25, 0.3) is 0 Å². The van der Waals surface area contributed by atoms with Crippen molar-refractivity contribution in [3.8, 4) is 5.69 Å². The number of hydrazone groups is 1. The van der Waals surface area contributed by atoms with Gasteiger partial charge in [0, 0.05) is 39.7 Å². The van der Waals surface area contributed by atoms with E-state index in [0.29, 0.717) is 6.42 Å². The zero-order valence-electron chi connectivity index (χ0n) is 16.5. The van der Waals surface area contributed by atoms with Gasteiger partial charge in [-0.15, -0.1) is 11.8 Å². The topological polar surface area (TPSA) is 46.4 Å². The first-order valence-electron chi connectivity index (χ1n) is 9.30. The van der Waals surface area contributed by atoms with Crippen LogP contribution >= 0.6 is 11.8 Å². The third-order valence-electron chi connectivity index (χ3n) is 4.46. The summed E-state index contributed by atoms with van der Waals surface area (Å²) >= 11 is 1.67. The van der Waals surface area contributed by atoms with E-state index < -0.39 is 0 Å². The number of aromatic nitrogens is 1. The Kier molecular flexibility index (Phi) is 6.71. The Morgan fingerprint density at radius 2 is 1.86 bits per heavy atom. The molecule has 0 unspecified atom stereocenters. The Labute approximate surface area is 170 Å². The molecule has 0 atom stereocenters. The molecule has 28 heavy (non-hydrogen) atoms. The highest BCUT2D eigenvalue weighted by Crippen LogP contribution is 2.20. The summed E-state index contributed by atoms with van der Waals surface area (Å²) < 4.78 is 2.20. The van der Waals surface area contributed by atoms with E-state index in [-0.39, 0.29) is 5.91 Å². The number of carbonyl (C=O) groups is 1. The van der Waals surface area contributed by atoms with E-state index in [2.05, 4.69) is 66.2 Å². The van der Waals surface area contributed by atoms with E-state index in [1.165, 1.54) is 10.5 Å². The number of carbonyl (C=O) groups excluding carboxylic acids is 1. The van der Waals surface area contributed by atoms with E-state index in [0.717, 1.165) is 28.4 Å². The average Bonchev–Trinajstić information content (AvgIpc) is 2.96. The van der Waals surface area contributed by atoms with E-state index in [9.17, 15) is 4.79 Å². The van der Waals surface area contributed by atoms with Crippen molar-refractivity contribution in [3.05, 3.63) is 83.2 Å². The fourth-order valence-corrected chi connectivity index (χ4v) is 3.96. The van der Waals surface area contributed by atoms with Gasteiger partial charge in [0.1, 0.15) is 0 Å². The Morgan fingerprint density at radius 3 is 2.61 bits per heavy atom. The van der Waals surface area contributed by atoms with E-state index >= 15 is 0 Å². The molecule has 144 valence electrons. The van der Waals surface area contributed by atoms with E-state index in [1.54, 1.807) is 18.0 Å². The first-order chi connectivity index (χ1) is 13.5. The van der Waals surface area contributed by atoms with Crippen LogP contribution in [0.1, 0.15) is 28.9 Å². The Bertz CT molecular complexity index is 977. The van der Waals surface area contributed by atoms with Crippen LogP contribution in [0.5, 0.6) is 0 Å². The molecule has 0 bridgehead atoms. The number of rotatable bonds is 7. The maximum Gasteiger partial charge on any atom is 0.240 e. The largest absolute Gasteiger partial charge is 0.318 e. The highest BCUT2D eigenvalue weighted by atomic mass is 32.2. The van der Waals surface area contributed by atoms with Crippen LogP contribution in [0.4, 0.5) is 0 Å². The zero-order chi connectivity index (χ0) is 19.9. The summed E-state index contributed by atoms with van der Waals surface area (Å²) in [6.45, 7) is 6.23. The molecule has 0 spiro atoms. The van der Waals surface area contributed by atoms with Crippen molar-refractivity contribution in [2.75, 3.05) is 5.75 Å². The van der Waals surface area contributed by atoms with Crippen molar-refractivity contribution in [2.45, 2.75) is 32.1 Å². The second-order valence-electron chi connectivity index (χ2n) is 6.71. The highest BCUT2D eigenvalue weighted by Gasteiger charge is 2.09. The Morgan fingerprint density at radius 1 is 1.07 bits per heavy atom. The molecule has 0 aliphatic carbocycles. The van der Waals surface area contributed by atoms with Gasteiger partial charge in [-0.05, 0) is 56.7 Å². The van der Waals surface area contributed by atoms with Crippen LogP contribution in [0, 0.1) is 20.8 Å². The lowest BCUT2D eigenvalue weighted by molar-refractivity contribution is -0.120. The summed E-state index contributed by atoms with van der Waals surface area (Å²) in [5, 5.41) is 4.15. The van der Waals surface area contributed by atoms with Crippen molar-refractivity contribution in [1.82, 2.24) is 9.99 Å². The molecule has 0 radical (unpaired) electrons. The fraction of sp³-hybridized carbons (Fsp3) is 0.217. The van der Waals surface area contributed by atoms with Gasteiger partial charge in [0.05, 0.1) is 6.21 Å². The van der Waals surface area contributed by atoms with E-state index in [4.69, 9.17) is 0 Å². The molecular weight excluding hydrogens is 366 g/mol. The molecule has 1 aromatic heterocycles. The van der Waals surface area contributed by atoms with Crippen LogP contribution < -0.4 is 5.43 Å². The molecule has 2 aromatic carbocycles. The summed E-state index contributed by atoms with van der Waals surface area (Å²) in [6.07, 6.45) is 2.15. The molecule has 0 saturated carbocycles. The number of amides is 1. The molecule has 4 nitrogen and oxygen atoms in total. The lowest BCUT2D eigenvalue weighted by Gasteiger charge is -2.10. The SMILES string of the molecule is Cc1cccc(-n2c(C)cc(/C=N\NC(=O)CCSc3ccccc3)c2C)c1. The van der Waals surface area contributed by atoms with Crippen LogP contribution in [-0.2, 0) is 4.79 Å². The van der Waals surface area contributed by atoms with Gasteiger partial charge in [-0.3, -0.25) is 4.79 Å². The quantitative estimate of drug-likeness (QED) is 0.349. The Hall–Kier alpha value is -2.79. The van der Waals surface area contributed by atoms with Gasteiger partial charge in [0.2, 0.25) is 5.91 Å². The number of nitrogens with one attached hydrogen (secondary N) is 1. The highest BCUT2D eigenvalue weighted by molar-refractivity contribution is 7.99. The van der Waals surface area contributed by atoms with Crippen LogP contribution in [0.3, 0.4) is 0 Å². The molecule has 0 aliphatic heterocycles. The molecule has 0 fully saturated rings. The predicted molar refractivity (Wildman–Crippen MR) is 117 cm³/mol. The summed E-state index contributed by atoms with van der Waals surface area (Å²) in [6, 6.07) is 20.6. The van der Waals surface area contributed by atoms with Gasteiger partial charge < -0.3 is 4.57 Å². The van der Waals surface area contributed by atoms with E-state index in [1.807, 2.05) is 30.3 Å². The average molecular weight is 392 g/mol. The predicted octanol–water partition coefficient (Wildman–Crippen LogP) is 5.04. The second kappa shape index (κ2) is 9.42. The normalized spacial score (nSPS) is 11.1. The van der Waals surface area contributed by atoms with Gasteiger partial charge in [-0.1, -0.05) is 30.3 Å². The molecule has 3 aromatic rings. The fourth-order valence-electron chi connectivity index (χ4n) is 3.09. The summed E-state index contributed by atoms with van der Waals surface area (Å²) in [5.41, 5.74) is 8.22. The molecule has 1 N–H and O–H groups in total. The number of nitrogens with zero attached hydrogens (tertiary/aromatic N) is 2. The first-order valence-corrected chi connectivity index (χ1v) is 10.3. The van der Waals surface area contributed by atoms with Crippen molar-refractivity contribution in [3.63, 3.8) is 0 Å². The van der Waals surface area contributed by atoms with Gasteiger partial charge in [-0.2, -0.15) is 5.10 Å². The van der Waals surface area contributed by atoms with Crippen molar-refractivity contribution >= 4 is 23.9 Å². The zero-order valence-corrected chi connectivity index (χ0v) is 17.3. The minimum absolute atomic E-state index is 0.0767. The Balaban J connectivity index is 1.57. The van der Waals surface area contributed by atoms with Crippen molar-refractivity contribution in [1.29, 1.82) is 0 Å². The van der Waals surface area contributed by atoms with Crippen LogP contribution in [0.25, 0.3) is 5.69 Å². The lowest BCUT2D eigenvalue weighted by atomic mass is 10.2. The number of benzene rings is 2. The number of thioether (sulfide) groups is 1. The minimum Gasteiger partial charge on any atom is -0.318 e. The number of hydrogen-bond acceptors (Lipinski definition) is 3. The number of hydrogen-bond donors (Lipinski definition) is 1. The molecule has 3 rings (SSSR count). The standard InChI is InChI=1S/C23H25N3OS/c1-17-8-7-9-21(14-17)26-18(2)15-20(19(26)3)16-24-25-23(27)12-13-28-22-10-5-4-6-11-22/h4-11,14-16H,12-13H2,1-3H3,(H,25,27)/b24-16-. The third-order valence-corrected chi connectivity index (χ3v) is 5.48. The van der Waals surface area contributed by atoms with Crippen LogP contribution in [0.15, 0.2) is 70.7 Å². The summed E-state index contributed by atoms with van der Waals surface area (Å²) in [7, 11) is 0. The molecule has 5 heteroatoms. The molecule has 0 saturated heterocycles. The maximum atomic E-state index is 12.0. The molecular formula is C23H25N3OS. The summed E-state index contributed by atoms with van der Waals surface area (Å²) in [4.78, 5) is 13.2. The second-order valence-corrected chi connectivity index (χ2v) is 7.87. The third kappa shape index (κ3) is 5.14. The number of aryl methyl sites for hydroxylation is 2. The van der Waals surface area contributed by atoms with Gasteiger partial charge in [0.15, 0.2) is 0 Å².